The summed E-state index contributed by atoms with van der Waals surface area (Å²) in [6, 6.07) is 7.26. The number of hydrogen-bond donors (Lipinski definition) is 2. The van der Waals surface area contributed by atoms with E-state index in [2.05, 4.69) is 21.7 Å². The molecule has 2 amide bonds. The summed E-state index contributed by atoms with van der Waals surface area (Å²) in [4.78, 5) is 15.6. The topological polar surface area (TPSA) is 63.2 Å². The van der Waals surface area contributed by atoms with Crippen molar-refractivity contribution in [2.24, 2.45) is 0 Å². The van der Waals surface area contributed by atoms with Crippen LogP contribution in [0.2, 0.25) is 0 Å². The van der Waals surface area contributed by atoms with E-state index in [4.69, 9.17) is 4.74 Å². The van der Waals surface area contributed by atoms with Gasteiger partial charge in [0.1, 0.15) is 5.75 Å². The molecule has 21 heavy (non-hydrogen) atoms. The van der Waals surface area contributed by atoms with Gasteiger partial charge in [0.05, 0.1) is 11.9 Å². The lowest BCUT2D eigenvalue weighted by Crippen LogP contribution is -2.32. The number of hydrogen-bond acceptors (Lipinski definition) is 3. The third kappa shape index (κ3) is 3.95. The second kappa shape index (κ2) is 6.74. The van der Waals surface area contributed by atoms with E-state index in [0.29, 0.717) is 5.69 Å². The van der Waals surface area contributed by atoms with Gasteiger partial charge in [0.15, 0.2) is 6.73 Å². The zero-order chi connectivity index (χ0) is 15.2. The first-order valence-electron chi connectivity index (χ1n) is 6.72. The van der Waals surface area contributed by atoms with Crippen LogP contribution in [0.1, 0.15) is 16.7 Å². The Bertz CT molecular complexity index is 627. The smallest absolute Gasteiger partial charge is 0.321 e. The third-order valence-corrected chi connectivity index (χ3v) is 3.24. The van der Waals surface area contributed by atoms with Crippen LogP contribution in [0, 0.1) is 20.8 Å². The van der Waals surface area contributed by atoms with E-state index < -0.39 is 0 Å². The number of nitrogens with one attached hydrogen (secondary N) is 2. The lowest BCUT2D eigenvalue weighted by atomic mass is 10.1. The molecule has 5 nitrogen and oxygen atoms in total. The number of carbonyl (C=O) groups is 1. The van der Waals surface area contributed by atoms with Crippen LogP contribution in [-0.4, -0.2) is 17.7 Å². The fraction of sp³-hybridized carbons (Fsp3) is 0.250. The number of pyridine rings is 1. The summed E-state index contributed by atoms with van der Waals surface area (Å²) in [6.07, 6.45) is 3.23. The molecule has 2 aromatic rings. The molecule has 0 atom stereocenters. The first-order chi connectivity index (χ1) is 10.1. The van der Waals surface area contributed by atoms with Crippen molar-refractivity contribution in [2.45, 2.75) is 20.8 Å². The summed E-state index contributed by atoms with van der Waals surface area (Å²) in [5, 5.41) is 5.33. The Morgan fingerprint density at radius 1 is 1.19 bits per heavy atom. The maximum absolute atomic E-state index is 11.7. The van der Waals surface area contributed by atoms with Gasteiger partial charge >= 0.3 is 6.03 Å². The van der Waals surface area contributed by atoms with Crippen LogP contribution >= 0.6 is 0 Å². The fourth-order valence-corrected chi connectivity index (χ4v) is 1.93. The number of urea groups is 1. The normalized spacial score (nSPS) is 10.0. The van der Waals surface area contributed by atoms with Gasteiger partial charge in [0.25, 0.3) is 0 Å². The minimum Gasteiger partial charge on any atom is -0.473 e. The van der Waals surface area contributed by atoms with Gasteiger partial charge in [-0.15, -0.1) is 0 Å². The first kappa shape index (κ1) is 14.8. The Kier molecular flexibility index (Phi) is 4.77. The molecule has 0 aliphatic carbocycles. The predicted molar refractivity (Wildman–Crippen MR) is 82.5 cm³/mol. The number of carbonyl (C=O) groups excluding carboxylic acids is 1. The van der Waals surface area contributed by atoms with Crippen molar-refractivity contribution in [3.05, 3.63) is 53.3 Å². The highest BCUT2D eigenvalue weighted by atomic mass is 16.5. The molecule has 0 unspecified atom stereocenters. The zero-order valence-corrected chi connectivity index (χ0v) is 12.4. The van der Waals surface area contributed by atoms with E-state index in [0.717, 1.165) is 22.4 Å². The molecule has 0 spiro atoms. The van der Waals surface area contributed by atoms with Gasteiger partial charge in [-0.1, -0.05) is 12.1 Å². The second-order valence-corrected chi connectivity index (χ2v) is 4.81. The molecule has 5 heteroatoms. The van der Waals surface area contributed by atoms with E-state index in [1.54, 1.807) is 24.5 Å². The molecule has 2 N–H and O–H groups in total. The van der Waals surface area contributed by atoms with E-state index in [-0.39, 0.29) is 12.8 Å². The average molecular weight is 285 g/mol. The number of benzene rings is 1. The third-order valence-electron chi connectivity index (χ3n) is 3.24. The molecule has 0 saturated carbocycles. The zero-order valence-electron chi connectivity index (χ0n) is 12.4. The van der Waals surface area contributed by atoms with Crippen LogP contribution in [0.25, 0.3) is 0 Å². The van der Waals surface area contributed by atoms with Crippen molar-refractivity contribution >= 4 is 11.7 Å². The summed E-state index contributed by atoms with van der Waals surface area (Å²) >= 11 is 0. The van der Waals surface area contributed by atoms with Crippen molar-refractivity contribution in [1.82, 2.24) is 10.3 Å². The van der Waals surface area contributed by atoms with Crippen molar-refractivity contribution in [1.29, 1.82) is 0 Å². The number of aromatic nitrogens is 1. The van der Waals surface area contributed by atoms with Crippen LogP contribution in [0.3, 0.4) is 0 Å². The van der Waals surface area contributed by atoms with Crippen LogP contribution in [0.4, 0.5) is 10.5 Å². The van der Waals surface area contributed by atoms with Crippen LogP contribution in [0.5, 0.6) is 5.75 Å². The van der Waals surface area contributed by atoms with Gasteiger partial charge in [-0.2, -0.15) is 0 Å². The highest BCUT2D eigenvalue weighted by Crippen LogP contribution is 2.25. The summed E-state index contributed by atoms with van der Waals surface area (Å²) in [5.41, 5.74) is 3.94. The van der Waals surface area contributed by atoms with Gasteiger partial charge in [0.2, 0.25) is 0 Å². The highest BCUT2D eigenvalue weighted by molar-refractivity contribution is 5.88. The molecule has 2 rings (SSSR count). The fourth-order valence-electron chi connectivity index (χ4n) is 1.93. The number of rotatable bonds is 4. The molecule has 0 saturated heterocycles. The molecule has 1 aromatic carbocycles. The maximum Gasteiger partial charge on any atom is 0.321 e. The van der Waals surface area contributed by atoms with E-state index in [9.17, 15) is 4.79 Å². The second-order valence-electron chi connectivity index (χ2n) is 4.81. The highest BCUT2D eigenvalue weighted by Gasteiger charge is 2.07. The van der Waals surface area contributed by atoms with E-state index in [1.165, 1.54) is 0 Å². The lowest BCUT2D eigenvalue weighted by Gasteiger charge is -2.14. The Balaban J connectivity index is 1.87. The van der Waals surface area contributed by atoms with Gasteiger partial charge in [-0.05, 0) is 49.6 Å². The molecule has 0 radical (unpaired) electrons. The molecular formula is C16H19N3O2. The van der Waals surface area contributed by atoms with Crippen molar-refractivity contribution in [3.63, 3.8) is 0 Å². The van der Waals surface area contributed by atoms with Crippen LogP contribution in [0.15, 0.2) is 36.7 Å². The largest absolute Gasteiger partial charge is 0.473 e. The van der Waals surface area contributed by atoms with Gasteiger partial charge in [-0.3, -0.25) is 4.98 Å². The van der Waals surface area contributed by atoms with Crippen LogP contribution in [-0.2, 0) is 0 Å². The molecule has 0 fully saturated rings. The SMILES string of the molecule is Cc1ccc(C)c(OCNC(=O)Nc2cccnc2)c1C. The van der Waals surface area contributed by atoms with Crippen molar-refractivity contribution in [2.75, 3.05) is 12.0 Å². The summed E-state index contributed by atoms with van der Waals surface area (Å²) in [6.45, 7) is 6.13. The number of amides is 2. The molecule has 1 aromatic heterocycles. The van der Waals surface area contributed by atoms with Gasteiger partial charge in [0, 0.05) is 6.20 Å². The lowest BCUT2D eigenvalue weighted by molar-refractivity contribution is 0.234. The van der Waals surface area contributed by atoms with E-state index in [1.807, 2.05) is 26.8 Å². The standard InChI is InChI=1S/C16H19N3O2/c1-11-6-7-12(2)15(13(11)3)21-10-18-16(20)19-14-5-4-8-17-9-14/h4-9H,10H2,1-3H3,(H2,18,19,20). The summed E-state index contributed by atoms with van der Waals surface area (Å²) in [7, 11) is 0. The Morgan fingerprint density at radius 2 is 1.95 bits per heavy atom. The number of ether oxygens (including phenoxy) is 1. The van der Waals surface area contributed by atoms with E-state index >= 15 is 0 Å². The van der Waals surface area contributed by atoms with Gasteiger partial charge in [-0.25, -0.2) is 4.79 Å². The van der Waals surface area contributed by atoms with Crippen molar-refractivity contribution in [3.8, 4) is 5.75 Å². The monoisotopic (exact) mass is 285 g/mol. The average Bonchev–Trinajstić information content (AvgIpc) is 2.48. The predicted octanol–water partition coefficient (Wildman–Crippen LogP) is 3.16. The number of aryl methyl sites for hydroxylation is 2. The molecule has 0 bridgehead atoms. The Hall–Kier alpha value is -2.56. The molecule has 0 aliphatic rings. The quantitative estimate of drug-likeness (QED) is 0.848. The first-order valence-corrected chi connectivity index (χ1v) is 6.72. The molecule has 0 aliphatic heterocycles. The Labute approximate surface area is 124 Å². The molecule has 1 heterocycles. The minimum absolute atomic E-state index is 0.108. The van der Waals surface area contributed by atoms with Gasteiger partial charge < -0.3 is 15.4 Å². The minimum atomic E-state index is -0.328. The van der Waals surface area contributed by atoms with Crippen molar-refractivity contribution < 1.29 is 9.53 Å². The molecule has 110 valence electrons. The summed E-state index contributed by atoms with van der Waals surface area (Å²) in [5.74, 6) is 0.816. The Morgan fingerprint density at radius 3 is 2.67 bits per heavy atom. The van der Waals surface area contributed by atoms with Crippen LogP contribution < -0.4 is 15.4 Å². The number of anilines is 1. The maximum atomic E-state index is 11.7. The number of nitrogens with zero attached hydrogens (tertiary/aromatic N) is 1. The summed E-state index contributed by atoms with van der Waals surface area (Å²) < 4.78 is 5.67. The molecular weight excluding hydrogens is 266 g/mol.